The second-order valence-corrected chi connectivity index (χ2v) is 7.37. The van der Waals surface area contributed by atoms with Gasteiger partial charge in [0.15, 0.2) is 6.10 Å². The van der Waals surface area contributed by atoms with Gasteiger partial charge < -0.3 is 15.0 Å². The number of nitrogens with zero attached hydrogens (tertiary/aromatic N) is 3. The first-order valence-corrected chi connectivity index (χ1v) is 9.58. The van der Waals surface area contributed by atoms with Crippen molar-refractivity contribution in [2.24, 2.45) is 0 Å². The maximum absolute atomic E-state index is 13.6. The van der Waals surface area contributed by atoms with Crippen LogP contribution in [-0.4, -0.2) is 31.0 Å². The SMILES string of the molecule is N#Cc1ccc(NC(=O)[C@@H]2CN(c3ccc(C#N)c(C(F)(F)F)c3)[C@@H](C(F)(F)F)O2)c(C(F)(F)F)c1. The first-order chi connectivity index (χ1) is 16.6. The van der Waals surface area contributed by atoms with E-state index in [2.05, 4.69) is 4.74 Å². The number of halogens is 9. The third-order valence-corrected chi connectivity index (χ3v) is 4.98. The van der Waals surface area contributed by atoms with Gasteiger partial charge in [-0.25, -0.2) is 0 Å². The number of alkyl halides is 9. The summed E-state index contributed by atoms with van der Waals surface area (Å²) in [7, 11) is 0. The Morgan fingerprint density at radius 3 is 2.08 bits per heavy atom. The van der Waals surface area contributed by atoms with E-state index in [1.54, 1.807) is 5.32 Å². The van der Waals surface area contributed by atoms with Gasteiger partial charge in [-0.1, -0.05) is 0 Å². The number of carbonyl (C=O) groups excluding carboxylic acids is 1. The average Bonchev–Trinajstić information content (AvgIpc) is 3.24. The number of hydrogen-bond donors (Lipinski definition) is 1. The van der Waals surface area contributed by atoms with Gasteiger partial charge in [0.2, 0.25) is 6.23 Å². The molecule has 0 aliphatic carbocycles. The van der Waals surface area contributed by atoms with Crippen molar-refractivity contribution in [1.82, 2.24) is 0 Å². The maximum atomic E-state index is 13.6. The number of benzene rings is 2. The number of anilines is 2. The van der Waals surface area contributed by atoms with Gasteiger partial charge in [0.05, 0.1) is 46.6 Å². The highest BCUT2D eigenvalue weighted by atomic mass is 19.4. The van der Waals surface area contributed by atoms with Crippen LogP contribution in [0.2, 0.25) is 0 Å². The molecular weight excluding hydrogens is 511 g/mol. The lowest BCUT2D eigenvalue weighted by Gasteiger charge is -2.27. The van der Waals surface area contributed by atoms with E-state index in [1.807, 2.05) is 0 Å². The van der Waals surface area contributed by atoms with Crippen molar-refractivity contribution in [1.29, 1.82) is 10.5 Å². The molecular formula is C21H11F9N4O2. The third-order valence-electron chi connectivity index (χ3n) is 4.98. The number of carbonyl (C=O) groups is 1. The molecule has 15 heteroatoms. The van der Waals surface area contributed by atoms with Crippen molar-refractivity contribution in [3.05, 3.63) is 58.7 Å². The van der Waals surface area contributed by atoms with Crippen LogP contribution >= 0.6 is 0 Å². The third kappa shape index (κ3) is 5.46. The summed E-state index contributed by atoms with van der Waals surface area (Å²) in [5, 5.41) is 19.5. The molecule has 1 saturated heterocycles. The van der Waals surface area contributed by atoms with Crippen molar-refractivity contribution >= 4 is 17.3 Å². The fraction of sp³-hybridized carbons (Fsp3) is 0.286. The zero-order valence-corrected chi connectivity index (χ0v) is 17.4. The number of amides is 1. The Balaban J connectivity index is 1.95. The molecule has 2 atom stereocenters. The Morgan fingerprint density at radius 2 is 1.56 bits per heavy atom. The lowest BCUT2D eigenvalue weighted by Crippen LogP contribution is -2.42. The summed E-state index contributed by atoms with van der Waals surface area (Å²) >= 11 is 0. The summed E-state index contributed by atoms with van der Waals surface area (Å²) in [6.07, 6.45) is -20.3. The minimum Gasteiger partial charge on any atom is -0.335 e. The molecule has 1 heterocycles. The molecule has 2 aromatic rings. The van der Waals surface area contributed by atoms with Crippen LogP contribution in [0.25, 0.3) is 0 Å². The molecule has 1 amide bonds. The second-order valence-electron chi connectivity index (χ2n) is 7.37. The normalized spacial score (nSPS) is 18.5. The Kier molecular flexibility index (Phi) is 6.83. The molecule has 1 aliphatic heterocycles. The van der Waals surface area contributed by atoms with Crippen LogP contribution in [0.4, 0.5) is 50.9 Å². The summed E-state index contributed by atoms with van der Waals surface area (Å²) in [5.41, 5.74) is -5.78. The molecule has 1 fully saturated rings. The quantitative estimate of drug-likeness (QED) is 0.560. The molecule has 3 rings (SSSR count). The van der Waals surface area contributed by atoms with Gasteiger partial charge >= 0.3 is 18.5 Å². The highest BCUT2D eigenvalue weighted by Crippen LogP contribution is 2.40. The van der Waals surface area contributed by atoms with Crippen LogP contribution in [0.1, 0.15) is 22.3 Å². The van der Waals surface area contributed by atoms with Crippen LogP contribution in [0.3, 0.4) is 0 Å². The van der Waals surface area contributed by atoms with Crippen LogP contribution in [0.5, 0.6) is 0 Å². The lowest BCUT2D eigenvalue weighted by molar-refractivity contribution is -0.212. The Hall–Kier alpha value is -3.98. The number of hydrogen-bond acceptors (Lipinski definition) is 5. The Bertz CT molecular complexity index is 1260. The van der Waals surface area contributed by atoms with E-state index in [9.17, 15) is 44.3 Å². The van der Waals surface area contributed by atoms with Gasteiger partial charge in [-0.05, 0) is 36.4 Å². The van der Waals surface area contributed by atoms with Crippen LogP contribution in [-0.2, 0) is 21.9 Å². The first-order valence-electron chi connectivity index (χ1n) is 9.58. The monoisotopic (exact) mass is 522 g/mol. The van der Waals surface area contributed by atoms with Crippen LogP contribution < -0.4 is 10.2 Å². The van der Waals surface area contributed by atoms with Crippen LogP contribution in [0.15, 0.2) is 36.4 Å². The van der Waals surface area contributed by atoms with Crippen molar-refractivity contribution in [2.45, 2.75) is 30.9 Å². The summed E-state index contributed by atoms with van der Waals surface area (Å²) in [6, 6.07) is 6.54. The van der Waals surface area contributed by atoms with Gasteiger partial charge in [-0.2, -0.15) is 50.0 Å². The molecule has 0 bridgehead atoms. The zero-order valence-electron chi connectivity index (χ0n) is 17.4. The van der Waals surface area contributed by atoms with Crippen molar-refractivity contribution in [2.75, 3.05) is 16.8 Å². The topological polar surface area (TPSA) is 89.2 Å². The van der Waals surface area contributed by atoms with Crippen molar-refractivity contribution in [3.63, 3.8) is 0 Å². The van der Waals surface area contributed by atoms with Crippen molar-refractivity contribution < 1.29 is 49.0 Å². The molecule has 190 valence electrons. The Labute approximate surface area is 196 Å². The molecule has 0 saturated carbocycles. The van der Waals surface area contributed by atoms with Gasteiger partial charge in [-0.15, -0.1) is 0 Å². The first kappa shape index (κ1) is 26.6. The molecule has 6 nitrogen and oxygen atoms in total. The number of ether oxygens (including phenoxy) is 1. The van der Waals surface area contributed by atoms with E-state index < -0.39 is 76.9 Å². The molecule has 0 aromatic heterocycles. The number of nitriles is 2. The fourth-order valence-electron chi connectivity index (χ4n) is 3.40. The van der Waals surface area contributed by atoms with Gasteiger partial charge in [-0.3, -0.25) is 4.79 Å². The summed E-state index contributed by atoms with van der Waals surface area (Å²) in [5.74, 6) is -1.44. The zero-order chi connectivity index (χ0) is 27.1. The minimum atomic E-state index is -5.22. The molecule has 0 spiro atoms. The van der Waals surface area contributed by atoms with E-state index >= 15 is 0 Å². The largest absolute Gasteiger partial charge is 0.433 e. The van der Waals surface area contributed by atoms with Crippen molar-refractivity contribution in [3.8, 4) is 12.1 Å². The van der Waals surface area contributed by atoms with E-state index in [4.69, 9.17) is 10.5 Å². The molecule has 36 heavy (non-hydrogen) atoms. The summed E-state index contributed by atoms with van der Waals surface area (Å²) in [4.78, 5) is 12.8. The smallest absolute Gasteiger partial charge is 0.335 e. The molecule has 1 N–H and O–H groups in total. The molecule has 0 radical (unpaired) electrons. The molecule has 2 aromatic carbocycles. The van der Waals surface area contributed by atoms with E-state index in [1.165, 1.54) is 12.1 Å². The lowest BCUT2D eigenvalue weighted by atomic mass is 10.1. The standard InChI is InChI=1S/C21H11F9N4O2/c22-19(23,24)13-6-12(3-2-11(13)8-32)34-9-16(36-18(34)21(28,29)30)17(35)33-15-4-1-10(7-31)5-14(15)20(25,26)27/h1-6,16,18H,9H2,(H,33,35)/t16-,18+/m0/s1. The predicted octanol–water partition coefficient (Wildman–Crippen LogP) is 5.20. The number of rotatable bonds is 3. The fourth-order valence-corrected chi connectivity index (χ4v) is 3.40. The second kappa shape index (κ2) is 9.23. The van der Waals surface area contributed by atoms with Gasteiger partial charge in [0.1, 0.15) is 0 Å². The van der Waals surface area contributed by atoms with E-state index in [0.717, 1.165) is 18.2 Å². The predicted molar refractivity (Wildman–Crippen MR) is 103 cm³/mol. The van der Waals surface area contributed by atoms with E-state index in [-0.39, 0.29) is 11.0 Å². The maximum Gasteiger partial charge on any atom is 0.433 e. The van der Waals surface area contributed by atoms with Crippen LogP contribution in [0, 0.1) is 22.7 Å². The summed E-state index contributed by atoms with van der Waals surface area (Å²) < 4.78 is 125. The Morgan fingerprint density at radius 1 is 0.917 bits per heavy atom. The average molecular weight is 522 g/mol. The highest BCUT2D eigenvalue weighted by Gasteiger charge is 2.53. The highest BCUT2D eigenvalue weighted by molar-refractivity contribution is 5.95. The van der Waals surface area contributed by atoms with Gasteiger partial charge in [0.25, 0.3) is 5.91 Å². The van der Waals surface area contributed by atoms with Gasteiger partial charge in [0, 0.05) is 5.69 Å². The summed E-state index contributed by atoms with van der Waals surface area (Å²) in [6.45, 7) is -0.975. The minimum absolute atomic E-state index is 0.281. The molecule has 1 aliphatic rings. The van der Waals surface area contributed by atoms with E-state index in [0.29, 0.717) is 12.1 Å². The molecule has 0 unspecified atom stereocenters. The number of nitrogens with one attached hydrogen (secondary N) is 1.